The third kappa shape index (κ3) is 3.79. The van der Waals surface area contributed by atoms with E-state index >= 15 is 0 Å². The van der Waals surface area contributed by atoms with Gasteiger partial charge in [-0.25, -0.2) is 0 Å². The molecular formula is C24H28ClNO3. The van der Waals surface area contributed by atoms with Gasteiger partial charge in [-0.1, -0.05) is 29.8 Å². The lowest BCUT2D eigenvalue weighted by atomic mass is 9.81. The maximum atomic E-state index is 10.8. The Morgan fingerprint density at radius 3 is 2.72 bits per heavy atom. The monoisotopic (exact) mass is 413 g/mol. The third-order valence-corrected chi connectivity index (χ3v) is 7.16. The molecule has 1 saturated heterocycles. The van der Waals surface area contributed by atoms with Crippen LogP contribution in [0, 0.1) is 0 Å². The summed E-state index contributed by atoms with van der Waals surface area (Å²) >= 11 is 6.07. The second-order valence-electron chi connectivity index (χ2n) is 8.89. The van der Waals surface area contributed by atoms with E-state index in [2.05, 4.69) is 23.1 Å². The van der Waals surface area contributed by atoms with Gasteiger partial charge in [0.1, 0.15) is 11.4 Å². The number of ether oxygens (including phenoxy) is 1. The van der Waals surface area contributed by atoms with Gasteiger partial charge in [0, 0.05) is 36.6 Å². The van der Waals surface area contributed by atoms with Crippen molar-refractivity contribution in [2.45, 2.75) is 56.3 Å². The molecule has 5 rings (SSSR count). The van der Waals surface area contributed by atoms with Crippen molar-refractivity contribution in [2.24, 2.45) is 0 Å². The second kappa shape index (κ2) is 7.59. The van der Waals surface area contributed by atoms with E-state index in [9.17, 15) is 10.2 Å². The molecule has 1 spiro atoms. The smallest absolute Gasteiger partial charge is 0.126 e. The van der Waals surface area contributed by atoms with Gasteiger partial charge in [0.2, 0.25) is 0 Å². The Bertz CT molecular complexity index is 907. The van der Waals surface area contributed by atoms with Gasteiger partial charge in [-0.2, -0.15) is 0 Å². The number of rotatable bonds is 3. The number of hydrogen-bond donors (Lipinski definition) is 2. The molecule has 2 aliphatic heterocycles. The fourth-order valence-electron chi connectivity index (χ4n) is 5.21. The van der Waals surface area contributed by atoms with E-state index in [1.807, 2.05) is 12.1 Å². The van der Waals surface area contributed by atoms with Gasteiger partial charge < -0.3 is 19.8 Å². The molecule has 3 aliphatic rings. The van der Waals surface area contributed by atoms with Crippen molar-refractivity contribution in [2.75, 3.05) is 19.6 Å². The summed E-state index contributed by atoms with van der Waals surface area (Å²) < 4.78 is 6.37. The number of β-amino-alcohol motifs (C(OH)–C–C–N with tert-alkyl or cyclic N) is 1. The third-order valence-electron chi connectivity index (χ3n) is 6.93. The van der Waals surface area contributed by atoms with Crippen LogP contribution in [0.25, 0.3) is 0 Å². The lowest BCUT2D eigenvalue weighted by molar-refractivity contribution is -0.0587. The van der Waals surface area contributed by atoms with Crippen LogP contribution in [0.5, 0.6) is 5.75 Å². The van der Waals surface area contributed by atoms with Gasteiger partial charge >= 0.3 is 0 Å². The van der Waals surface area contributed by atoms with E-state index in [1.165, 1.54) is 24.0 Å². The number of aliphatic hydroxyl groups excluding tert-OH is 2. The van der Waals surface area contributed by atoms with Crippen molar-refractivity contribution in [3.63, 3.8) is 0 Å². The SMILES string of the molecule is OC(CN1CCC2(CC1)CC(O)c1cc(Cl)ccc1O2)c1ccc2c(c1)CCC2. The molecule has 2 unspecified atom stereocenters. The van der Waals surface area contributed by atoms with Crippen LogP contribution >= 0.6 is 11.6 Å². The minimum Gasteiger partial charge on any atom is -0.487 e. The molecule has 2 heterocycles. The van der Waals surface area contributed by atoms with Crippen LogP contribution < -0.4 is 4.74 Å². The van der Waals surface area contributed by atoms with Crippen molar-refractivity contribution in [1.82, 2.24) is 4.90 Å². The average molecular weight is 414 g/mol. The van der Waals surface area contributed by atoms with Crippen LogP contribution in [0.4, 0.5) is 0 Å². The summed E-state index contributed by atoms with van der Waals surface area (Å²) in [6.07, 6.45) is 4.82. The molecule has 2 N–H and O–H groups in total. The number of likely N-dealkylation sites (tertiary alicyclic amines) is 1. The van der Waals surface area contributed by atoms with Crippen molar-refractivity contribution < 1.29 is 14.9 Å². The molecule has 2 aromatic rings. The maximum absolute atomic E-state index is 10.8. The topological polar surface area (TPSA) is 52.9 Å². The van der Waals surface area contributed by atoms with Gasteiger partial charge in [0.05, 0.1) is 12.2 Å². The van der Waals surface area contributed by atoms with Crippen molar-refractivity contribution in [1.29, 1.82) is 0 Å². The predicted molar refractivity (Wildman–Crippen MR) is 113 cm³/mol. The molecule has 0 saturated carbocycles. The summed E-state index contributed by atoms with van der Waals surface area (Å²) in [4.78, 5) is 2.32. The standard InChI is InChI=1S/C24H28ClNO3/c25-19-6-7-23-20(13-19)21(27)14-24(29-23)8-10-26(11-9-24)15-22(28)18-5-4-16-2-1-3-17(16)12-18/h4-7,12-13,21-22,27-28H,1-3,8-11,14-15H2. The summed E-state index contributed by atoms with van der Waals surface area (Å²) in [5.41, 5.74) is 4.34. The van der Waals surface area contributed by atoms with Crippen molar-refractivity contribution >= 4 is 11.6 Å². The van der Waals surface area contributed by atoms with Crippen molar-refractivity contribution in [3.05, 3.63) is 63.7 Å². The number of fused-ring (bicyclic) bond motifs is 2. The molecule has 1 aliphatic carbocycles. The molecule has 5 heteroatoms. The second-order valence-corrected chi connectivity index (χ2v) is 9.32. The van der Waals surface area contributed by atoms with Crippen LogP contribution in [0.2, 0.25) is 5.02 Å². The van der Waals surface area contributed by atoms with E-state index in [4.69, 9.17) is 16.3 Å². The first-order chi connectivity index (χ1) is 14.0. The Balaban J connectivity index is 1.22. The Morgan fingerprint density at radius 1 is 1.10 bits per heavy atom. The molecule has 2 atom stereocenters. The first kappa shape index (κ1) is 19.4. The average Bonchev–Trinajstić information content (AvgIpc) is 3.18. The summed E-state index contributed by atoms with van der Waals surface area (Å²) in [6.45, 7) is 2.36. The van der Waals surface area contributed by atoms with Gasteiger partial charge in [0.15, 0.2) is 0 Å². The molecule has 0 bridgehead atoms. The Hall–Kier alpha value is -1.59. The first-order valence-corrected chi connectivity index (χ1v) is 11.1. The first-order valence-electron chi connectivity index (χ1n) is 10.7. The van der Waals surface area contributed by atoms with Crippen LogP contribution in [0.1, 0.15) is 60.1 Å². The van der Waals surface area contributed by atoms with Crippen LogP contribution in [0.15, 0.2) is 36.4 Å². The zero-order chi connectivity index (χ0) is 20.0. The molecule has 4 nitrogen and oxygen atoms in total. The summed E-state index contributed by atoms with van der Waals surface area (Å²) in [5.74, 6) is 0.750. The van der Waals surface area contributed by atoms with Gasteiger partial charge in [-0.3, -0.25) is 0 Å². The Morgan fingerprint density at radius 2 is 1.90 bits per heavy atom. The van der Waals surface area contributed by atoms with Gasteiger partial charge in [0.25, 0.3) is 0 Å². The highest BCUT2D eigenvalue weighted by Gasteiger charge is 2.43. The van der Waals surface area contributed by atoms with E-state index in [-0.39, 0.29) is 5.60 Å². The Kier molecular flexibility index (Phi) is 5.07. The van der Waals surface area contributed by atoms with Crippen molar-refractivity contribution in [3.8, 4) is 5.75 Å². The van der Waals surface area contributed by atoms with Crippen LogP contribution in [-0.2, 0) is 12.8 Å². The molecule has 2 aromatic carbocycles. The highest BCUT2D eigenvalue weighted by Crippen LogP contribution is 2.45. The quantitative estimate of drug-likeness (QED) is 0.791. The zero-order valence-corrected chi connectivity index (χ0v) is 17.4. The zero-order valence-electron chi connectivity index (χ0n) is 16.6. The molecule has 0 aromatic heterocycles. The summed E-state index contributed by atoms with van der Waals surface area (Å²) in [5, 5.41) is 22.0. The molecule has 154 valence electrons. The molecular weight excluding hydrogens is 386 g/mol. The van der Waals surface area contributed by atoms with Crippen LogP contribution in [-0.4, -0.2) is 40.3 Å². The summed E-state index contributed by atoms with van der Waals surface area (Å²) in [7, 11) is 0. The van der Waals surface area contributed by atoms with E-state index in [0.717, 1.165) is 49.2 Å². The number of halogens is 1. The lowest BCUT2D eigenvalue weighted by Crippen LogP contribution is -2.51. The fraction of sp³-hybridized carbons (Fsp3) is 0.500. The predicted octanol–water partition coefficient (Wildman–Crippen LogP) is 4.21. The fourth-order valence-corrected chi connectivity index (χ4v) is 5.39. The highest BCUT2D eigenvalue weighted by atomic mass is 35.5. The lowest BCUT2D eigenvalue weighted by Gasteiger charge is -2.46. The number of aryl methyl sites for hydroxylation is 2. The normalized spacial score (nSPS) is 24.0. The highest BCUT2D eigenvalue weighted by molar-refractivity contribution is 6.30. The number of aliphatic hydroxyl groups is 2. The van der Waals surface area contributed by atoms with E-state index in [0.29, 0.717) is 18.0 Å². The molecule has 0 radical (unpaired) electrons. The maximum Gasteiger partial charge on any atom is 0.126 e. The largest absolute Gasteiger partial charge is 0.487 e. The number of piperidine rings is 1. The number of hydrogen-bond acceptors (Lipinski definition) is 4. The molecule has 0 amide bonds. The Labute approximate surface area is 177 Å². The van der Waals surface area contributed by atoms with Gasteiger partial charge in [-0.05, 0) is 67.0 Å². The van der Waals surface area contributed by atoms with Crippen LogP contribution in [0.3, 0.4) is 0 Å². The van der Waals surface area contributed by atoms with Gasteiger partial charge in [-0.15, -0.1) is 0 Å². The minimum atomic E-state index is -0.541. The minimum absolute atomic E-state index is 0.324. The van der Waals surface area contributed by atoms with E-state index < -0.39 is 12.2 Å². The molecule has 29 heavy (non-hydrogen) atoms. The van der Waals surface area contributed by atoms with E-state index in [1.54, 1.807) is 6.07 Å². The molecule has 1 fully saturated rings. The summed E-state index contributed by atoms with van der Waals surface area (Å²) in [6, 6.07) is 12.0. The number of benzene rings is 2. The number of nitrogens with zero attached hydrogens (tertiary/aromatic N) is 1.